The summed E-state index contributed by atoms with van der Waals surface area (Å²) in [5, 5.41) is 20.2. The number of furan rings is 1. The van der Waals surface area contributed by atoms with Crippen molar-refractivity contribution in [3.8, 4) is 0 Å². The number of rotatable bonds is 40. The van der Waals surface area contributed by atoms with Gasteiger partial charge in [-0.15, -0.1) is 0 Å². The average molecular weight is 894 g/mol. The first-order valence-corrected chi connectivity index (χ1v) is 25.2. The van der Waals surface area contributed by atoms with Crippen LogP contribution in [0.5, 0.6) is 0 Å². The van der Waals surface area contributed by atoms with Crippen LogP contribution in [0, 0.1) is 13.8 Å². The molecule has 0 amide bonds. The SMILES string of the molecule is CCCCCc1oc(CCCCCCCCCCCCC(=O)O[C@H](COC(=O)CCC[C@@H](O)/C=C/C=C\C/C=C\C=C\[C@@H](O)CCCCC)COP(=O)(O)OCCN)c(C)c1C. The number of carbonyl (C=O) groups excluding carboxylic acids is 2. The zero-order chi connectivity index (χ0) is 45.7. The maximum atomic E-state index is 12.7. The molecule has 0 bridgehead atoms. The summed E-state index contributed by atoms with van der Waals surface area (Å²) in [4.78, 5) is 35.1. The number of allylic oxidation sites excluding steroid dienone is 6. The van der Waals surface area contributed by atoms with Crippen LogP contribution in [-0.4, -0.2) is 71.7 Å². The fraction of sp³-hybridized carbons (Fsp3) is 0.714. The monoisotopic (exact) mass is 894 g/mol. The van der Waals surface area contributed by atoms with Gasteiger partial charge in [0, 0.05) is 32.2 Å². The van der Waals surface area contributed by atoms with E-state index in [0.717, 1.165) is 70.6 Å². The Morgan fingerprint density at radius 3 is 1.73 bits per heavy atom. The van der Waals surface area contributed by atoms with Crippen molar-refractivity contribution in [2.45, 2.75) is 200 Å². The van der Waals surface area contributed by atoms with Gasteiger partial charge in [0.15, 0.2) is 6.10 Å². The summed E-state index contributed by atoms with van der Waals surface area (Å²) in [5.41, 5.74) is 8.01. The van der Waals surface area contributed by atoms with E-state index in [0.29, 0.717) is 25.7 Å². The number of unbranched alkanes of at least 4 members (excludes halogenated alkanes) is 13. The third-order valence-electron chi connectivity index (χ3n) is 10.6. The van der Waals surface area contributed by atoms with E-state index < -0.39 is 44.7 Å². The first-order chi connectivity index (χ1) is 29.9. The fourth-order valence-corrected chi connectivity index (χ4v) is 7.50. The molecule has 1 aromatic heterocycles. The fourth-order valence-electron chi connectivity index (χ4n) is 6.73. The standard InChI is InChI=1S/C49H84NO11P/c1-5-7-22-29-43(51)30-24-18-14-13-15-19-25-31-44(52)32-28-36-48(53)57-39-45(40-59-62(55,56)58-38-37-50)60-49(54)35-27-21-17-12-10-9-11-16-20-26-34-47-42(4)41(3)46(61-47)33-23-8-6-2/h14-15,18-19,24-25,30-31,43-45,51-52H,5-13,16-17,20-23,26-29,32-40,50H2,1-4H3,(H,55,56)/b18-14-,19-15-,30-24+,31-25+/t43-,44-,45+/m0/s1. The largest absolute Gasteiger partial charge is 0.472 e. The van der Waals surface area contributed by atoms with Gasteiger partial charge in [-0.05, 0) is 69.9 Å². The number of nitrogens with two attached hydrogens (primary N) is 1. The van der Waals surface area contributed by atoms with Crippen molar-refractivity contribution >= 4 is 19.8 Å². The lowest BCUT2D eigenvalue weighted by molar-refractivity contribution is -0.161. The zero-order valence-corrected chi connectivity index (χ0v) is 39.7. The van der Waals surface area contributed by atoms with Crippen molar-refractivity contribution in [1.29, 1.82) is 0 Å². The summed E-state index contributed by atoms with van der Waals surface area (Å²) in [6, 6.07) is 0. The Balaban J connectivity index is 2.31. The third kappa shape index (κ3) is 31.1. The van der Waals surface area contributed by atoms with Crippen molar-refractivity contribution in [3.05, 3.63) is 71.3 Å². The van der Waals surface area contributed by atoms with Gasteiger partial charge in [-0.2, -0.15) is 0 Å². The number of phosphoric ester groups is 1. The summed E-state index contributed by atoms with van der Waals surface area (Å²) in [5.74, 6) is 1.27. The Kier molecular flexibility index (Phi) is 34.6. The minimum Gasteiger partial charge on any atom is -0.466 e. The summed E-state index contributed by atoms with van der Waals surface area (Å²) in [7, 11) is -4.45. The first kappa shape index (κ1) is 57.2. The number of carbonyl (C=O) groups is 2. The predicted molar refractivity (Wildman–Crippen MR) is 249 cm³/mol. The number of ether oxygens (including phenoxy) is 2. The number of aryl methyl sites for hydroxylation is 2. The van der Waals surface area contributed by atoms with Gasteiger partial charge in [0.1, 0.15) is 18.1 Å². The van der Waals surface area contributed by atoms with Crippen LogP contribution in [0.15, 0.2) is 53.0 Å². The number of esters is 2. The van der Waals surface area contributed by atoms with Crippen LogP contribution in [-0.2, 0) is 45.5 Å². The Bertz CT molecular complexity index is 1470. The maximum Gasteiger partial charge on any atom is 0.472 e. The summed E-state index contributed by atoms with van der Waals surface area (Å²) in [6.45, 7) is 7.69. The molecular formula is C49H84NO11P. The Morgan fingerprint density at radius 1 is 0.661 bits per heavy atom. The van der Waals surface area contributed by atoms with Crippen molar-refractivity contribution < 1.29 is 52.2 Å². The van der Waals surface area contributed by atoms with Crippen molar-refractivity contribution in [2.24, 2.45) is 5.73 Å². The number of phosphoric acid groups is 1. The van der Waals surface area contributed by atoms with E-state index in [4.69, 9.17) is 28.7 Å². The molecule has 0 aliphatic rings. The van der Waals surface area contributed by atoms with Crippen LogP contribution < -0.4 is 5.73 Å². The van der Waals surface area contributed by atoms with Gasteiger partial charge in [-0.3, -0.25) is 18.6 Å². The molecule has 1 unspecified atom stereocenters. The van der Waals surface area contributed by atoms with Gasteiger partial charge >= 0.3 is 19.8 Å². The lowest BCUT2D eigenvalue weighted by atomic mass is 10.0. The Hall–Kier alpha value is -2.83. The van der Waals surface area contributed by atoms with Crippen LogP contribution in [0.25, 0.3) is 0 Å². The molecule has 4 atom stereocenters. The molecule has 0 saturated heterocycles. The Morgan fingerprint density at radius 2 is 1.16 bits per heavy atom. The average Bonchev–Trinajstić information content (AvgIpc) is 3.51. The van der Waals surface area contributed by atoms with Crippen molar-refractivity contribution in [2.75, 3.05) is 26.4 Å². The molecule has 5 N–H and O–H groups in total. The van der Waals surface area contributed by atoms with E-state index in [1.54, 1.807) is 18.2 Å². The quantitative estimate of drug-likeness (QED) is 0.0212. The molecule has 1 heterocycles. The maximum absolute atomic E-state index is 12.7. The highest BCUT2D eigenvalue weighted by Gasteiger charge is 2.26. The predicted octanol–water partition coefficient (Wildman–Crippen LogP) is 11.1. The van der Waals surface area contributed by atoms with E-state index in [1.165, 1.54) is 67.6 Å². The molecule has 0 aliphatic heterocycles. The molecule has 0 saturated carbocycles. The first-order valence-electron chi connectivity index (χ1n) is 23.7. The van der Waals surface area contributed by atoms with Crippen molar-refractivity contribution in [3.63, 3.8) is 0 Å². The highest BCUT2D eigenvalue weighted by atomic mass is 31.2. The Labute approximate surface area is 374 Å². The van der Waals surface area contributed by atoms with E-state index in [-0.39, 0.29) is 32.6 Å². The van der Waals surface area contributed by atoms with Crippen LogP contribution in [0.2, 0.25) is 0 Å². The van der Waals surface area contributed by atoms with Gasteiger partial charge in [-0.1, -0.05) is 146 Å². The van der Waals surface area contributed by atoms with E-state index in [1.807, 2.05) is 30.4 Å². The highest BCUT2D eigenvalue weighted by molar-refractivity contribution is 7.47. The lowest BCUT2D eigenvalue weighted by Crippen LogP contribution is -2.29. The van der Waals surface area contributed by atoms with Crippen LogP contribution in [0.1, 0.15) is 178 Å². The van der Waals surface area contributed by atoms with Gasteiger partial charge in [0.25, 0.3) is 0 Å². The van der Waals surface area contributed by atoms with Gasteiger partial charge in [0.2, 0.25) is 0 Å². The smallest absolute Gasteiger partial charge is 0.466 e. The van der Waals surface area contributed by atoms with Crippen LogP contribution in [0.4, 0.5) is 0 Å². The molecular weight excluding hydrogens is 810 g/mol. The molecule has 356 valence electrons. The second-order valence-corrected chi connectivity index (χ2v) is 17.7. The molecule has 0 spiro atoms. The van der Waals surface area contributed by atoms with E-state index >= 15 is 0 Å². The number of hydrogen-bond donors (Lipinski definition) is 4. The number of hydrogen-bond acceptors (Lipinski definition) is 11. The minimum atomic E-state index is -4.45. The molecule has 0 aromatic carbocycles. The topological polar surface area (TPSA) is 188 Å². The molecule has 0 radical (unpaired) electrons. The van der Waals surface area contributed by atoms with Crippen molar-refractivity contribution in [1.82, 2.24) is 0 Å². The summed E-state index contributed by atoms with van der Waals surface area (Å²) in [6.07, 6.45) is 34.6. The number of aliphatic hydroxyl groups excluding tert-OH is 2. The normalized spacial score (nSPS) is 14.6. The molecule has 12 nitrogen and oxygen atoms in total. The van der Waals surface area contributed by atoms with Gasteiger partial charge in [0.05, 0.1) is 25.4 Å². The van der Waals surface area contributed by atoms with Crippen LogP contribution in [0.3, 0.4) is 0 Å². The molecule has 62 heavy (non-hydrogen) atoms. The van der Waals surface area contributed by atoms with Gasteiger partial charge in [-0.25, -0.2) is 4.57 Å². The minimum absolute atomic E-state index is 0.0137. The number of aliphatic hydroxyl groups is 2. The second kappa shape index (κ2) is 37.5. The second-order valence-electron chi connectivity index (χ2n) is 16.3. The summed E-state index contributed by atoms with van der Waals surface area (Å²) < 4.78 is 39.0. The zero-order valence-electron chi connectivity index (χ0n) is 38.8. The summed E-state index contributed by atoms with van der Waals surface area (Å²) >= 11 is 0. The van der Waals surface area contributed by atoms with Crippen LogP contribution >= 0.6 is 7.82 Å². The molecule has 0 fully saturated rings. The highest BCUT2D eigenvalue weighted by Crippen LogP contribution is 2.43. The van der Waals surface area contributed by atoms with E-state index in [9.17, 15) is 29.3 Å². The van der Waals surface area contributed by atoms with E-state index in [2.05, 4.69) is 27.7 Å². The molecule has 0 aliphatic carbocycles. The molecule has 13 heteroatoms. The molecule has 1 rings (SSSR count). The lowest BCUT2D eigenvalue weighted by Gasteiger charge is -2.20. The molecule has 1 aromatic rings. The van der Waals surface area contributed by atoms with Gasteiger partial charge < -0.3 is 34.7 Å². The third-order valence-corrected chi connectivity index (χ3v) is 11.6.